The van der Waals surface area contributed by atoms with Crippen molar-refractivity contribution in [3.8, 4) is 44.2 Å². The Hall–Kier alpha value is -5.32. The van der Waals surface area contributed by atoms with Gasteiger partial charge < -0.3 is 4.90 Å². The Morgan fingerprint density at radius 2 is 0.958 bits per heavy atom. The van der Waals surface area contributed by atoms with Crippen LogP contribution in [0, 0.1) is 0 Å². The van der Waals surface area contributed by atoms with E-state index in [9.17, 15) is 0 Å². The van der Waals surface area contributed by atoms with Crippen LogP contribution in [0.2, 0.25) is 0 Å². The van der Waals surface area contributed by atoms with Gasteiger partial charge in [0.15, 0.2) is 5.82 Å². The summed E-state index contributed by atoms with van der Waals surface area (Å²) in [6.07, 6.45) is 0. The van der Waals surface area contributed by atoms with E-state index in [2.05, 4.69) is 172 Å². The molecule has 0 saturated carbocycles. The molecule has 0 radical (unpaired) electrons. The number of fused-ring (bicyclic) bond motifs is 6. The van der Waals surface area contributed by atoms with E-state index in [1.807, 2.05) is 0 Å². The monoisotopic (exact) mass is 637 g/mol. The Morgan fingerprint density at radius 3 is 1.62 bits per heavy atom. The summed E-state index contributed by atoms with van der Waals surface area (Å²) in [6.45, 7) is 9.30. The van der Waals surface area contributed by atoms with Crippen molar-refractivity contribution in [1.82, 2.24) is 9.36 Å². The van der Waals surface area contributed by atoms with Gasteiger partial charge in [-0.2, -0.15) is 4.37 Å². The van der Waals surface area contributed by atoms with Crippen molar-refractivity contribution in [2.45, 2.75) is 38.5 Å². The van der Waals surface area contributed by atoms with Crippen LogP contribution in [0.3, 0.4) is 0 Å². The number of hydrogen-bond donors (Lipinski definition) is 0. The molecule has 6 aromatic carbocycles. The second kappa shape index (κ2) is 10.6. The van der Waals surface area contributed by atoms with E-state index in [0.717, 1.165) is 39.0 Å². The Labute approximate surface area is 286 Å². The van der Waals surface area contributed by atoms with Gasteiger partial charge in [0.1, 0.15) is 5.01 Å². The molecule has 0 saturated heterocycles. The maximum absolute atomic E-state index is 5.03. The lowest BCUT2D eigenvalue weighted by molar-refractivity contribution is 0.660. The van der Waals surface area contributed by atoms with Crippen molar-refractivity contribution >= 4 is 28.6 Å². The van der Waals surface area contributed by atoms with Gasteiger partial charge in [-0.05, 0) is 111 Å². The molecule has 0 aliphatic heterocycles. The van der Waals surface area contributed by atoms with Crippen LogP contribution in [0.1, 0.15) is 49.9 Å². The number of anilines is 3. The van der Waals surface area contributed by atoms with Crippen LogP contribution >= 0.6 is 11.5 Å². The van der Waals surface area contributed by atoms with Gasteiger partial charge in [-0.3, -0.25) is 0 Å². The summed E-state index contributed by atoms with van der Waals surface area (Å²) in [7, 11) is 0. The smallest absolute Gasteiger partial charge is 0.173 e. The summed E-state index contributed by atoms with van der Waals surface area (Å²) in [6, 6.07) is 50.5. The van der Waals surface area contributed by atoms with Gasteiger partial charge in [-0.25, -0.2) is 4.98 Å². The van der Waals surface area contributed by atoms with Gasteiger partial charge in [0.2, 0.25) is 0 Å². The van der Waals surface area contributed by atoms with E-state index in [1.165, 1.54) is 56.0 Å². The average molecular weight is 638 g/mol. The highest BCUT2D eigenvalue weighted by Crippen LogP contribution is 2.51. The fraction of sp³-hybridized carbons (Fsp3) is 0.136. The second-order valence-corrected chi connectivity index (χ2v) is 14.7. The molecule has 0 N–H and O–H groups in total. The third-order valence-corrected chi connectivity index (χ3v) is 11.2. The normalized spacial score (nSPS) is 14.6. The third kappa shape index (κ3) is 4.33. The minimum atomic E-state index is -0.0687. The topological polar surface area (TPSA) is 29.0 Å². The van der Waals surface area contributed by atoms with Crippen LogP contribution in [0.4, 0.5) is 17.1 Å². The Morgan fingerprint density at radius 1 is 0.458 bits per heavy atom. The third-order valence-electron chi connectivity index (χ3n) is 10.5. The van der Waals surface area contributed by atoms with Crippen molar-refractivity contribution in [1.29, 1.82) is 0 Å². The molecule has 0 amide bonds. The van der Waals surface area contributed by atoms with Gasteiger partial charge in [0, 0.05) is 39.0 Å². The first-order valence-corrected chi connectivity index (χ1v) is 17.4. The number of nitrogens with zero attached hydrogens (tertiary/aromatic N) is 3. The van der Waals surface area contributed by atoms with Crippen molar-refractivity contribution in [2.24, 2.45) is 0 Å². The van der Waals surface area contributed by atoms with E-state index in [-0.39, 0.29) is 10.8 Å². The predicted octanol–water partition coefficient (Wildman–Crippen LogP) is 12.0. The Balaban J connectivity index is 1.05. The fourth-order valence-corrected chi connectivity index (χ4v) is 8.59. The number of hydrogen-bond acceptors (Lipinski definition) is 4. The quantitative estimate of drug-likeness (QED) is 0.188. The molecular weight excluding hydrogens is 603 g/mol. The molecule has 48 heavy (non-hydrogen) atoms. The lowest BCUT2D eigenvalue weighted by atomic mass is 9.82. The Bertz CT molecular complexity index is 2350. The SMILES string of the molecule is CC1(C)c2ccccc2-c2ccc(-c3nc(-c4ccc(N(c5ccccc5)c5ccc6c(c5)C(C)(C)c5ccccc5-6)cc4)ns3)cc21. The highest BCUT2D eigenvalue weighted by Gasteiger charge is 2.36. The molecule has 0 spiro atoms. The molecule has 2 aliphatic rings. The van der Waals surface area contributed by atoms with Crippen molar-refractivity contribution in [2.75, 3.05) is 4.90 Å². The van der Waals surface area contributed by atoms with E-state index < -0.39 is 0 Å². The highest BCUT2D eigenvalue weighted by atomic mass is 32.1. The molecule has 0 unspecified atom stereocenters. The highest BCUT2D eigenvalue weighted by molar-refractivity contribution is 7.09. The molecule has 1 aromatic heterocycles. The van der Waals surface area contributed by atoms with Gasteiger partial charge in [-0.1, -0.05) is 113 Å². The van der Waals surface area contributed by atoms with Crippen LogP contribution in [0.25, 0.3) is 44.2 Å². The lowest BCUT2D eigenvalue weighted by Gasteiger charge is -2.28. The van der Waals surface area contributed by atoms with Crippen LogP contribution in [0.5, 0.6) is 0 Å². The van der Waals surface area contributed by atoms with Crippen LogP contribution < -0.4 is 4.90 Å². The zero-order valence-corrected chi connectivity index (χ0v) is 28.3. The van der Waals surface area contributed by atoms with Crippen LogP contribution in [-0.2, 0) is 10.8 Å². The standard InChI is InChI=1S/C44H35N3S/c1-43(2)37-16-10-8-14-33(37)35-24-20-29(26-39(35)43)42-45-41(46-48-42)28-18-21-31(22-19-28)47(30-12-6-5-7-13-30)32-23-25-36-34-15-9-11-17-38(34)44(3,4)40(36)27-32/h5-27H,1-4H3. The number of para-hydroxylation sites is 1. The summed E-state index contributed by atoms with van der Waals surface area (Å²) in [4.78, 5) is 7.37. The summed E-state index contributed by atoms with van der Waals surface area (Å²) in [5, 5.41) is 0.941. The van der Waals surface area contributed by atoms with Crippen molar-refractivity contribution in [3.63, 3.8) is 0 Å². The lowest BCUT2D eigenvalue weighted by Crippen LogP contribution is -2.16. The first-order valence-electron chi connectivity index (χ1n) is 16.6. The largest absolute Gasteiger partial charge is 0.310 e. The zero-order chi connectivity index (χ0) is 32.6. The fourth-order valence-electron chi connectivity index (χ4n) is 7.91. The van der Waals surface area contributed by atoms with Crippen LogP contribution in [0.15, 0.2) is 140 Å². The molecule has 4 heteroatoms. The van der Waals surface area contributed by atoms with E-state index >= 15 is 0 Å². The van der Waals surface area contributed by atoms with E-state index in [1.54, 1.807) is 0 Å². The van der Waals surface area contributed by atoms with Crippen molar-refractivity contribution < 1.29 is 0 Å². The maximum Gasteiger partial charge on any atom is 0.173 e. The number of aromatic nitrogens is 2. The second-order valence-electron chi connectivity index (χ2n) is 14.0. The Kier molecular flexibility index (Phi) is 6.37. The molecule has 2 aliphatic carbocycles. The van der Waals surface area contributed by atoms with Crippen molar-refractivity contribution in [3.05, 3.63) is 162 Å². The first-order chi connectivity index (χ1) is 23.3. The van der Waals surface area contributed by atoms with Gasteiger partial charge in [-0.15, -0.1) is 0 Å². The summed E-state index contributed by atoms with van der Waals surface area (Å²) >= 11 is 1.47. The van der Waals surface area contributed by atoms with Gasteiger partial charge in [0.05, 0.1) is 0 Å². The maximum atomic E-state index is 5.03. The van der Waals surface area contributed by atoms with Gasteiger partial charge in [0.25, 0.3) is 0 Å². The predicted molar refractivity (Wildman–Crippen MR) is 201 cm³/mol. The number of benzene rings is 6. The summed E-state index contributed by atoms with van der Waals surface area (Å²) in [5.41, 5.74) is 16.2. The minimum Gasteiger partial charge on any atom is -0.310 e. The molecule has 232 valence electrons. The van der Waals surface area contributed by atoms with Crippen LogP contribution in [-0.4, -0.2) is 9.36 Å². The molecule has 1 heterocycles. The average Bonchev–Trinajstić information content (AvgIpc) is 3.77. The molecule has 3 nitrogen and oxygen atoms in total. The molecule has 0 fully saturated rings. The molecule has 0 atom stereocenters. The molecular formula is C44H35N3S. The molecule has 7 aromatic rings. The number of rotatable bonds is 5. The molecule has 0 bridgehead atoms. The summed E-state index contributed by atoms with van der Waals surface area (Å²) in [5.74, 6) is 0.757. The van der Waals surface area contributed by atoms with Gasteiger partial charge >= 0.3 is 0 Å². The zero-order valence-electron chi connectivity index (χ0n) is 27.5. The van der Waals surface area contributed by atoms with E-state index in [0.29, 0.717) is 0 Å². The molecule has 9 rings (SSSR count). The van der Waals surface area contributed by atoms with E-state index in [4.69, 9.17) is 9.36 Å². The first kappa shape index (κ1) is 28.9. The minimum absolute atomic E-state index is 0.0471. The summed E-state index contributed by atoms with van der Waals surface area (Å²) < 4.78 is 4.81.